The zero-order valence-corrected chi connectivity index (χ0v) is 31.6. The van der Waals surface area contributed by atoms with Crippen molar-refractivity contribution in [3.8, 4) is 0 Å². The van der Waals surface area contributed by atoms with Crippen molar-refractivity contribution in [1.82, 2.24) is 0 Å². The molecule has 0 radical (unpaired) electrons. The fraction of sp³-hybridized carbons (Fsp3) is 0.167. The predicted molar refractivity (Wildman–Crippen MR) is 226 cm³/mol. The first-order valence-corrected chi connectivity index (χ1v) is 17.9. The van der Waals surface area contributed by atoms with Crippen LogP contribution in [-0.4, -0.2) is 56.4 Å². The molecule has 0 aliphatic heterocycles. The average Bonchev–Trinajstić information content (AvgIpc) is 3.15. The normalized spacial score (nSPS) is 11.1. The van der Waals surface area contributed by atoms with Crippen LogP contribution in [0.3, 0.4) is 0 Å². The molecular weight excluding hydrogens is 633 g/mol. The lowest BCUT2D eigenvalue weighted by atomic mass is 9.80. The molecule has 0 amide bonds. The van der Waals surface area contributed by atoms with Gasteiger partial charge in [0.05, 0.1) is 45.2 Å². The lowest BCUT2D eigenvalue weighted by Crippen LogP contribution is -2.11. The van der Waals surface area contributed by atoms with Crippen molar-refractivity contribution in [2.24, 2.45) is 0 Å². The van der Waals surface area contributed by atoms with Gasteiger partial charge in [-0.3, -0.25) is 0 Å². The van der Waals surface area contributed by atoms with E-state index < -0.39 is 0 Å². The van der Waals surface area contributed by atoms with Crippen molar-refractivity contribution in [2.75, 3.05) is 76.0 Å². The molecule has 0 fully saturated rings. The Hall–Kier alpha value is -6.00. The second kappa shape index (κ2) is 14.3. The highest BCUT2D eigenvalue weighted by molar-refractivity contribution is 6.03. The van der Waals surface area contributed by atoms with E-state index in [4.69, 9.17) is 0 Å². The standard InChI is InChI=1S/C48H48N4/c1-49(2)39-23-15-33(16-24-39)47(34-17-25-40(26-18-34)50(3)4)43-13-9-11-37-31-38-12-10-14-44(46(38)32-45(37)43)48(35-19-27-41(28-20-35)51(5)6)36-21-29-42(30-22-36)52(7)8/h9-32H,1-8H3/q+2. The molecule has 0 saturated heterocycles. The fourth-order valence-corrected chi connectivity index (χ4v) is 7.15. The van der Waals surface area contributed by atoms with Gasteiger partial charge in [-0.25, -0.2) is 0 Å². The number of anilines is 4. The van der Waals surface area contributed by atoms with E-state index in [-0.39, 0.29) is 0 Å². The van der Waals surface area contributed by atoms with Gasteiger partial charge in [-0.15, -0.1) is 0 Å². The molecule has 0 heterocycles. The monoisotopic (exact) mass is 680 g/mol. The molecule has 4 heteroatoms. The Kier molecular flexibility index (Phi) is 9.49. The number of hydrogen-bond acceptors (Lipinski definition) is 4. The van der Waals surface area contributed by atoms with E-state index >= 15 is 0 Å². The van der Waals surface area contributed by atoms with Gasteiger partial charge in [0.1, 0.15) is 0 Å². The van der Waals surface area contributed by atoms with Crippen LogP contribution in [0.5, 0.6) is 0 Å². The first-order valence-electron chi connectivity index (χ1n) is 17.9. The van der Waals surface area contributed by atoms with Crippen molar-refractivity contribution in [2.45, 2.75) is 0 Å². The largest absolute Gasteiger partial charge is 0.377 e. The molecule has 4 nitrogen and oxygen atoms in total. The highest BCUT2D eigenvalue weighted by Crippen LogP contribution is 2.41. The van der Waals surface area contributed by atoms with E-state index in [1.807, 2.05) is 0 Å². The van der Waals surface area contributed by atoms with E-state index in [0.29, 0.717) is 0 Å². The van der Waals surface area contributed by atoms with E-state index in [1.165, 1.54) is 89.5 Å². The molecular formula is C48H48N4+2. The predicted octanol–water partition coefficient (Wildman–Crippen LogP) is 10.3. The molecule has 0 aromatic heterocycles. The first-order chi connectivity index (χ1) is 25.1. The van der Waals surface area contributed by atoms with Crippen molar-refractivity contribution < 1.29 is 0 Å². The maximum Gasteiger partial charge on any atom is 0.0638 e. The molecule has 0 spiro atoms. The van der Waals surface area contributed by atoms with Crippen LogP contribution in [0, 0.1) is 11.8 Å². The third kappa shape index (κ3) is 6.72. The summed E-state index contributed by atoms with van der Waals surface area (Å²) in [7, 11) is 16.7. The average molecular weight is 681 g/mol. The summed E-state index contributed by atoms with van der Waals surface area (Å²) in [5.41, 5.74) is 11.9. The number of benzene rings is 7. The molecule has 0 aliphatic rings. The lowest BCUT2D eigenvalue weighted by Gasteiger charge is -2.20. The number of nitrogens with zero attached hydrogens (tertiary/aromatic N) is 4. The Labute approximate surface area is 310 Å². The van der Waals surface area contributed by atoms with Crippen molar-refractivity contribution in [3.05, 3.63) is 191 Å². The van der Waals surface area contributed by atoms with Gasteiger partial charge in [0, 0.05) is 107 Å². The summed E-state index contributed by atoms with van der Waals surface area (Å²) < 4.78 is 0. The van der Waals surface area contributed by atoms with E-state index in [0.717, 1.165) is 0 Å². The van der Waals surface area contributed by atoms with Crippen LogP contribution < -0.4 is 19.6 Å². The molecule has 258 valence electrons. The summed E-state index contributed by atoms with van der Waals surface area (Å²) in [6.07, 6.45) is 0. The lowest BCUT2D eigenvalue weighted by molar-refractivity contribution is 1.12. The third-order valence-electron chi connectivity index (χ3n) is 10.1. The molecule has 7 aromatic rings. The Morgan fingerprint density at radius 1 is 0.308 bits per heavy atom. The van der Waals surface area contributed by atoms with Gasteiger partial charge < -0.3 is 19.6 Å². The molecule has 0 bridgehead atoms. The molecule has 0 aliphatic carbocycles. The van der Waals surface area contributed by atoms with Crippen LogP contribution in [-0.2, 0) is 0 Å². The smallest absolute Gasteiger partial charge is 0.0638 e. The van der Waals surface area contributed by atoms with Gasteiger partial charge in [-0.2, -0.15) is 0 Å². The Morgan fingerprint density at radius 3 is 0.827 bits per heavy atom. The van der Waals surface area contributed by atoms with E-state index in [2.05, 4.69) is 222 Å². The van der Waals surface area contributed by atoms with Crippen LogP contribution in [0.15, 0.2) is 146 Å². The quantitative estimate of drug-likeness (QED) is 0.0810. The van der Waals surface area contributed by atoms with Crippen molar-refractivity contribution in [3.63, 3.8) is 0 Å². The Balaban J connectivity index is 1.45. The topological polar surface area (TPSA) is 13.0 Å². The SMILES string of the molecule is CN(C)c1ccc([C+](c2ccc(N(C)C)cc2)c2cccc3cc4cccc([C+](c5ccc(N(C)C)cc5)c5ccc(N(C)C)cc5)c4cc23)cc1. The minimum atomic E-state index is 1.18. The third-order valence-corrected chi connectivity index (χ3v) is 10.1. The number of rotatable bonds is 10. The molecule has 0 saturated carbocycles. The van der Waals surface area contributed by atoms with Crippen molar-refractivity contribution in [1.29, 1.82) is 0 Å². The minimum absolute atomic E-state index is 1.18. The maximum atomic E-state index is 2.43. The zero-order chi connectivity index (χ0) is 36.5. The maximum absolute atomic E-state index is 2.43. The second-order valence-corrected chi connectivity index (χ2v) is 14.4. The molecule has 0 N–H and O–H groups in total. The van der Waals surface area contributed by atoms with Crippen LogP contribution in [0.2, 0.25) is 0 Å². The summed E-state index contributed by atoms with van der Waals surface area (Å²) in [6, 6.07) is 54.1. The minimum Gasteiger partial charge on any atom is -0.377 e. The van der Waals surface area contributed by atoms with Gasteiger partial charge in [-0.1, -0.05) is 0 Å². The van der Waals surface area contributed by atoms with Crippen LogP contribution >= 0.6 is 0 Å². The van der Waals surface area contributed by atoms with Gasteiger partial charge in [0.2, 0.25) is 0 Å². The van der Waals surface area contributed by atoms with Gasteiger partial charge >= 0.3 is 0 Å². The van der Waals surface area contributed by atoms with E-state index in [1.54, 1.807) is 0 Å². The first kappa shape index (κ1) is 34.4. The molecule has 7 aromatic carbocycles. The van der Waals surface area contributed by atoms with Crippen LogP contribution in [0.4, 0.5) is 22.7 Å². The van der Waals surface area contributed by atoms with Gasteiger partial charge in [-0.05, 0) is 140 Å². The summed E-state index contributed by atoms with van der Waals surface area (Å²) in [6.45, 7) is 0. The number of fused-ring (bicyclic) bond motifs is 2. The zero-order valence-electron chi connectivity index (χ0n) is 31.6. The van der Waals surface area contributed by atoms with Crippen LogP contribution in [0.25, 0.3) is 21.5 Å². The molecule has 0 atom stereocenters. The van der Waals surface area contributed by atoms with Crippen LogP contribution in [0.1, 0.15) is 33.4 Å². The highest BCUT2D eigenvalue weighted by atomic mass is 15.1. The Bertz CT molecular complexity index is 2020. The van der Waals surface area contributed by atoms with Crippen molar-refractivity contribution >= 4 is 44.3 Å². The summed E-state index contributed by atoms with van der Waals surface area (Å²) in [4.78, 5) is 8.60. The fourth-order valence-electron chi connectivity index (χ4n) is 7.15. The van der Waals surface area contributed by atoms with E-state index in [9.17, 15) is 0 Å². The Morgan fingerprint density at radius 2 is 0.577 bits per heavy atom. The second-order valence-electron chi connectivity index (χ2n) is 14.4. The molecule has 7 rings (SSSR count). The molecule has 52 heavy (non-hydrogen) atoms. The molecule has 0 unspecified atom stereocenters. The van der Waals surface area contributed by atoms with Gasteiger partial charge in [0.15, 0.2) is 0 Å². The van der Waals surface area contributed by atoms with Gasteiger partial charge in [0.25, 0.3) is 0 Å². The summed E-state index contributed by atoms with van der Waals surface area (Å²) in [5, 5.41) is 4.91. The highest BCUT2D eigenvalue weighted by Gasteiger charge is 2.29. The number of hydrogen-bond donors (Lipinski definition) is 0. The summed E-state index contributed by atoms with van der Waals surface area (Å²) in [5.74, 6) is 2.45. The summed E-state index contributed by atoms with van der Waals surface area (Å²) >= 11 is 0.